The Morgan fingerprint density at radius 2 is 1.85 bits per heavy atom. The summed E-state index contributed by atoms with van der Waals surface area (Å²) in [5.74, 6) is 0.180. The topological polar surface area (TPSA) is 85.1 Å². The number of hydrogen-bond donors (Lipinski definition) is 2. The van der Waals surface area contributed by atoms with Crippen LogP contribution in [0.4, 0.5) is 10.8 Å². The van der Waals surface area contributed by atoms with Gasteiger partial charge in [0.05, 0.1) is 5.75 Å². The number of sulfone groups is 1. The smallest absolute Gasteiger partial charge is 0.184 e. The fraction of sp³-hybridized carbons (Fsp3) is 0.769. The maximum absolute atomic E-state index is 12.1. The summed E-state index contributed by atoms with van der Waals surface area (Å²) in [7, 11) is -3.32. The van der Waals surface area contributed by atoms with E-state index in [1.807, 2.05) is 0 Å². The number of hydrogen-bond acceptors (Lipinski definition) is 6. The normalized spacial score (nSPS) is 18.4. The maximum atomic E-state index is 12.1. The highest BCUT2D eigenvalue weighted by Gasteiger charge is 2.25. The van der Waals surface area contributed by atoms with Crippen LogP contribution in [-0.4, -0.2) is 24.6 Å². The van der Waals surface area contributed by atoms with Gasteiger partial charge in [-0.05, 0) is 24.4 Å². The molecule has 3 N–H and O–H groups in total. The molecule has 0 aromatic carbocycles. The molecule has 1 heterocycles. The van der Waals surface area contributed by atoms with Crippen LogP contribution in [0.5, 0.6) is 0 Å². The molecule has 5 nitrogen and oxygen atoms in total. The van der Waals surface area contributed by atoms with Crippen molar-refractivity contribution in [3.8, 4) is 0 Å². The monoisotopic (exact) mass is 317 g/mol. The van der Waals surface area contributed by atoms with Crippen molar-refractivity contribution in [1.82, 2.24) is 4.37 Å². The number of anilines is 2. The van der Waals surface area contributed by atoms with Gasteiger partial charge in [0.1, 0.15) is 9.90 Å². The zero-order valence-electron chi connectivity index (χ0n) is 11.9. The van der Waals surface area contributed by atoms with Gasteiger partial charge >= 0.3 is 0 Å². The summed E-state index contributed by atoms with van der Waals surface area (Å²) in [6, 6.07) is 0.334. The first-order chi connectivity index (χ1) is 9.54. The van der Waals surface area contributed by atoms with Crippen LogP contribution in [0.25, 0.3) is 0 Å². The van der Waals surface area contributed by atoms with Crippen molar-refractivity contribution >= 4 is 32.2 Å². The van der Waals surface area contributed by atoms with Gasteiger partial charge < -0.3 is 11.1 Å². The van der Waals surface area contributed by atoms with Crippen LogP contribution in [0.15, 0.2) is 4.90 Å². The second-order valence-electron chi connectivity index (χ2n) is 5.32. The van der Waals surface area contributed by atoms with E-state index in [1.165, 1.54) is 32.1 Å². The van der Waals surface area contributed by atoms with Crippen molar-refractivity contribution in [2.75, 3.05) is 16.8 Å². The highest BCUT2D eigenvalue weighted by molar-refractivity contribution is 7.91. The fourth-order valence-electron chi connectivity index (χ4n) is 2.62. The molecule has 0 radical (unpaired) electrons. The molecule has 1 aromatic heterocycles. The molecule has 2 rings (SSSR count). The number of aromatic nitrogens is 1. The van der Waals surface area contributed by atoms with Gasteiger partial charge in [-0.15, -0.1) is 0 Å². The van der Waals surface area contributed by atoms with Crippen LogP contribution in [0, 0.1) is 0 Å². The van der Waals surface area contributed by atoms with Crippen molar-refractivity contribution in [2.45, 2.75) is 62.8 Å². The molecule has 1 aromatic rings. The quantitative estimate of drug-likeness (QED) is 0.891. The van der Waals surface area contributed by atoms with E-state index in [2.05, 4.69) is 9.69 Å². The highest BCUT2D eigenvalue weighted by atomic mass is 32.2. The lowest BCUT2D eigenvalue weighted by Crippen LogP contribution is -2.21. The van der Waals surface area contributed by atoms with Gasteiger partial charge in [0.25, 0.3) is 0 Å². The molecule has 0 atom stereocenters. The summed E-state index contributed by atoms with van der Waals surface area (Å²) < 4.78 is 28.2. The summed E-state index contributed by atoms with van der Waals surface area (Å²) in [6.45, 7) is 1.63. The number of rotatable bonds is 4. The largest absolute Gasteiger partial charge is 0.382 e. The molecule has 1 fully saturated rings. The third-order valence-corrected chi connectivity index (χ3v) is 6.52. The van der Waals surface area contributed by atoms with Gasteiger partial charge in [0, 0.05) is 6.04 Å². The van der Waals surface area contributed by atoms with Crippen molar-refractivity contribution in [2.24, 2.45) is 0 Å². The van der Waals surface area contributed by atoms with Gasteiger partial charge in [0.2, 0.25) is 0 Å². The molecular formula is C13H23N3O2S2. The van der Waals surface area contributed by atoms with Crippen LogP contribution in [0.3, 0.4) is 0 Å². The van der Waals surface area contributed by atoms with E-state index in [9.17, 15) is 8.42 Å². The summed E-state index contributed by atoms with van der Waals surface area (Å²) in [6.07, 6.45) is 8.42. The Bertz CT molecular complexity index is 532. The van der Waals surface area contributed by atoms with E-state index in [4.69, 9.17) is 5.73 Å². The average molecular weight is 317 g/mol. The van der Waals surface area contributed by atoms with E-state index in [1.54, 1.807) is 6.92 Å². The Morgan fingerprint density at radius 3 is 2.45 bits per heavy atom. The van der Waals surface area contributed by atoms with Crippen LogP contribution in [0.1, 0.15) is 51.9 Å². The lowest BCUT2D eigenvalue weighted by Gasteiger charge is -2.21. The highest BCUT2D eigenvalue weighted by Crippen LogP contribution is 2.34. The molecule has 0 saturated heterocycles. The molecule has 0 bridgehead atoms. The zero-order chi connectivity index (χ0) is 14.6. The van der Waals surface area contributed by atoms with Gasteiger partial charge in [0.15, 0.2) is 15.7 Å². The van der Waals surface area contributed by atoms with E-state index < -0.39 is 9.84 Å². The number of nitrogens with two attached hydrogens (primary N) is 1. The minimum Gasteiger partial charge on any atom is -0.382 e. The molecule has 114 valence electrons. The predicted octanol–water partition coefficient (Wildman–Crippen LogP) is 3.04. The first-order valence-corrected chi connectivity index (χ1v) is 9.71. The molecule has 0 unspecified atom stereocenters. The predicted molar refractivity (Wildman–Crippen MR) is 84.0 cm³/mol. The Morgan fingerprint density at radius 1 is 1.25 bits per heavy atom. The molecule has 1 aliphatic carbocycles. The summed E-state index contributed by atoms with van der Waals surface area (Å²) in [5, 5.41) is 4.00. The molecular weight excluding hydrogens is 294 g/mol. The van der Waals surface area contributed by atoms with Crippen molar-refractivity contribution in [3.05, 3.63) is 0 Å². The summed E-state index contributed by atoms with van der Waals surface area (Å²) in [4.78, 5) is 0.201. The minimum absolute atomic E-state index is 0.0506. The van der Waals surface area contributed by atoms with E-state index in [0.717, 1.165) is 24.4 Å². The Labute approximate surface area is 125 Å². The SMILES string of the molecule is CCS(=O)(=O)c1c(N)nsc1NC1CCCCCCC1. The second-order valence-corrected chi connectivity index (χ2v) is 8.30. The van der Waals surface area contributed by atoms with Crippen LogP contribution in [-0.2, 0) is 9.84 Å². The molecule has 0 amide bonds. The molecule has 7 heteroatoms. The van der Waals surface area contributed by atoms with E-state index in [0.29, 0.717) is 11.0 Å². The van der Waals surface area contributed by atoms with Gasteiger partial charge in [-0.2, -0.15) is 4.37 Å². The Hall–Kier alpha value is -0.820. The minimum atomic E-state index is -3.32. The number of nitrogen functional groups attached to an aromatic ring is 1. The Balaban J connectivity index is 2.17. The molecule has 1 saturated carbocycles. The van der Waals surface area contributed by atoms with Gasteiger partial charge in [-0.1, -0.05) is 39.0 Å². The first kappa shape index (κ1) is 15.6. The molecule has 0 aliphatic heterocycles. The lowest BCUT2D eigenvalue weighted by atomic mass is 9.97. The maximum Gasteiger partial charge on any atom is 0.184 e. The van der Waals surface area contributed by atoms with E-state index >= 15 is 0 Å². The first-order valence-electron chi connectivity index (χ1n) is 7.29. The zero-order valence-corrected chi connectivity index (χ0v) is 13.5. The van der Waals surface area contributed by atoms with Crippen molar-refractivity contribution in [3.63, 3.8) is 0 Å². The van der Waals surface area contributed by atoms with Crippen LogP contribution < -0.4 is 11.1 Å². The van der Waals surface area contributed by atoms with Crippen LogP contribution in [0.2, 0.25) is 0 Å². The molecule has 0 spiro atoms. The van der Waals surface area contributed by atoms with Crippen molar-refractivity contribution < 1.29 is 8.42 Å². The van der Waals surface area contributed by atoms with Gasteiger partial charge in [-0.3, -0.25) is 0 Å². The standard InChI is InChI=1S/C13H23N3O2S2/c1-2-20(17,18)11-12(14)16-19-13(11)15-10-8-6-4-3-5-7-9-10/h10,15H,2-9H2,1H3,(H2,14,16). The fourth-order valence-corrected chi connectivity index (χ4v) is 4.85. The summed E-state index contributed by atoms with van der Waals surface area (Å²) >= 11 is 1.16. The number of nitrogens with one attached hydrogen (secondary N) is 1. The third kappa shape index (κ3) is 3.63. The van der Waals surface area contributed by atoms with E-state index in [-0.39, 0.29) is 16.5 Å². The molecule has 20 heavy (non-hydrogen) atoms. The summed E-state index contributed by atoms with van der Waals surface area (Å²) in [5.41, 5.74) is 5.74. The average Bonchev–Trinajstić information content (AvgIpc) is 2.74. The van der Waals surface area contributed by atoms with Gasteiger partial charge in [-0.25, -0.2) is 8.42 Å². The number of nitrogens with zero attached hydrogens (tertiary/aromatic N) is 1. The lowest BCUT2D eigenvalue weighted by molar-refractivity contribution is 0.471. The Kier molecular flexibility index (Phi) is 5.26. The van der Waals surface area contributed by atoms with Crippen LogP contribution >= 0.6 is 11.5 Å². The third-order valence-electron chi connectivity index (χ3n) is 3.81. The second kappa shape index (κ2) is 6.76. The molecule has 1 aliphatic rings. The van der Waals surface area contributed by atoms with Crippen molar-refractivity contribution in [1.29, 1.82) is 0 Å².